The standard InChI is InChI=1S/C10H20N2O3/c1-14-7-6-11-10(13)8-12-15-9-4-2-3-5-9/h9,12H,2-8H2,1H3,(H,11,13). The molecule has 1 fully saturated rings. The highest BCUT2D eigenvalue weighted by Crippen LogP contribution is 2.19. The largest absolute Gasteiger partial charge is 0.383 e. The molecule has 0 aromatic heterocycles. The van der Waals surface area contributed by atoms with Crippen molar-refractivity contribution in [1.29, 1.82) is 0 Å². The summed E-state index contributed by atoms with van der Waals surface area (Å²) in [5.74, 6) is -0.0648. The highest BCUT2D eigenvalue weighted by Gasteiger charge is 2.15. The number of hydrogen-bond donors (Lipinski definition) is 2. The normalized spacial score (nSPS) is 16.9. The zero-order valence-electron chi connectivity index (χ0n) is 9.25. The first-order valence-corrected chi connectivity index (χ1v) is 5.47. The van der Waals surface area contributed by atoms with E-state index < -0.39 is 0 Å². The molecular weight excluding hydrogens is 196 g/mol. The van der Waals surface area contributed by atoms with Crippen molar-refractivity contribution >= 4 is 5.91 Å². The lowest BCUT2D eigenvalue weighted by Gasteiger charge is -2.11. The minimum absolute atomic E-state index is 0.0648. The van der Waals surface area contributed by atoms with Crippen molar-refractivity contribution in [3.63, 3.8) is 0 Å². The molecule has 0 radical (unpaired) electrons. The summed E-state index contributed by atoms with van der Waals surface area (Å²) in [6, 6.07) is 0. The number of amides is 1. The molecule has 0 aromatic carbocycles. The van der Waals surface area contributed by atoms with Gasteiger partial charge in [0, 0.05) is 13.7 Å². The summed E-state index contributed by atoms with van der Waals surface area (Å²) < 4.78 is 4.81. The highest BCUT2D eigenvalue weighted by atomic mass is 16.7. The van der Waals surface area contributed by atoms with Gasteiger partial charge in [-0.1, -0.05) is 12.8 Å². The van der Waals surface area contributed by atoms with Crippen LogP contribution in [0.25, 0.3) is 0 Å². The number of nitrogens with one attached hydrogen (secondary N) is 2. The molecule has 0 unspecified atom stereocenters. The average Bonchev–Trinajstić information content (AvgIpc) is 2.71. The third kappa shape index (κ3) is 5.71. The Morgan fingerprint density at radius 1 is 1.40 bits per heavy atom. The second-order valence-electron chi connectivity index (χ2n) is 3.69. The molecule has 2 N–H and O–H groups in total. The summed E-state index contributed by atoms with van der Waals surface area (Å²) in [6.45, 7) is 1.29. The lowest BCUT2D eigenvalue weighted by Crippen LogP contribution is -2.36. The van der Waals surface area contributed by atoms with Crippen molar-refractivity contribution in [2.45, 2.75) is 31.8 Å². The number of methoxy groups -OCH3 is 1. The van der Waals surface area contributed by atoms with Gasteiger partial charge in [-0.25, -0.2) is 0 Å². The van der Waals surface area contributed by atoms with E-state index in [1.165, 1.54) is 12.8 Å². The van der Waals surface area contributed by atoms with Gasteiger partial charge in [-0.05, 0) is 12.8 Å². The van der Waals surface area contributed by atoms with Gasteiger partial charge in [0.1, 0.15) is 0 Å². The fourth-order valence-corrected chi connectivity index (χ4v) is 1.59. The second kappa shape index (κ2) is 7.62. The van der Waals surface area contributed by atoms with Crippen LogP contribution >= 0.6 is 0 Å². The van der Waals surface area contributed by atoms with E-state index in [4.69, 9.17) is 9.57 Å². The zero-order valence-corrected chi connectivity index (χ0v) is 9.25. The summed E-state index contributed by atoms with van der Waals surface area (Å²) in [7, 11) is 1.60. The lowest BCUT2D eigenvalue weighted by atomic mass is 10.3. The van der Waals surface area contributed by atoms with Crippen LogP contribution in [0.15, 0.2) is 0 Å². The van der Waals surface area contributed by atoms with Crippen molar-refractivity contribution in [2.24, 2.45) is 0 Å². The molecule has 0 bridgehead atoms. The van der Waals surface area contributed by atoms with Crippen molar-refractivity contribution < 1.29 is 14.4 Å². The second-order valence-corrected chi connectivity index (χ2v) is 3.69. The van der Waals surface area contributed by atoms with E-state index in [1.54, 1.807) is 7.11 Å². The molecular formula is C10H20N2O3. The Labute approximate surface area is 90.5 Å². The molecule has 15 heavy (non-hydrogen) atoms. The molecule has 5 heteroatoms. The minimum atomic E-state index is -0.0648. The highest BCUT2D eigenvalue weighted by molar-refractivity contribution is 5.77. The Bertz CT molecular complexity index is 182. The first-order chi connectivity index (χ1) is 7.33. The van der Waals surface area contributed by atoms with E-state index in [1.807, 2.05) is 0 Å². The molecule has 1 aliphatic carbocycles. The van der Waals surface area contributed by atoms with Crippen LogP contribution in [0.4, 0.5) is 0 Å². The van der Waals surface area contributed by atoms with Crippen LogP contribution in [-0.4, -0.2) is 38.8 Å². The van der Waals surface area contributed by atoms with E-state index in [0.29, 0.717) is 13.2 Å². The van der Waals surface area contributed by atoms with E-state index >= 15 is 0 Å². The van der Waals surface area contributed by atoms with E-state index in [0.717, 1.165) is 12.8 Å². The van der Waals surface area contributed by atoms with Gasteiger partial charge in [-0.2, -0.15) is 5.48 Å². The van der Waals surface area contributed by atoms with E-state index in [2.05, 4.69) is 10.8 Å². The first kappa shape index (κ1) is 12.4. The molecule has 0 spiro atoms. The number of ether oxygens (including phenoxy) is 1. The van der Waals surface area contributed by atoms with Gasteiger partial charge in [0.15, 0.2) is 0 Å². The Morgan fingerprint density at radius 2 is 2.13 bits per heavy atom. The third-order valence-electron chi connectivity index (χ3n) is 2.41. The van der Waals surface area contributed by atoms with Crippen LogP contribution in [0.3, 0.4) is 0 Å². The van der Waals surface area contributed by atoms with Crippen LogP contribution in [0, 0.1) is 0 Å². The van der Waals surface area contributed by atoms with Gasteiger partial charge >= 0.3 is 0 Å². The molecule has 1 aliphatic rings. The van der Waals surface area contributed by atoms with Gasteiger partial charge in [0.2, 0.25) is 5.91 Å². The van der Waals surface area contributed by atoms with Gasteiger partial charge in [0.05, 0.1) is 19.3 Å². The number of hydroxylamine groups is 1. The molecule has 1 saturated carbocycles. The number of carbonyl (C=O) groups excluding carboxylic acids is 1. The summed E-state index contributed by atoms with van der Waals surface area (Å²) in [6.07, 6.45) is 4.94. The van der Waals surface area contributed by atoms with Crippen LogP contribution in [0.2, 0.25) is 0 Å². The van der Waals surface area contributed by atoms with Gasteiger partial charge in [0.25, 0.3) is 0 Å². The Hall–Kier alpha value is -0.650. The van der Waals surface area contributed by atoms with Gasteiger partial charge in [-0.3, -0.25) is 9.63 Å². The fraction of sp³-hybridized carbons (Fsp3) is 0.900. The summed E-state index contributed by atoms with van der Waals surface area (Å²) in [4.78, 5) is 16.5. The molecule has 0 aromatic rings. The van der Waals surface area contributed by atoms with Crippen LogP contribution in [-0.2, 0) is 14.4 Å². The maximum absolute atomic E-state index is 11.2. The molecule has 0 atom stereocenters. The van der Waals surface area contributed by atoms with Crippen LogP contribution in [0.5, 0.6) is 0 Å². The Morgan fingerprint density at radius 3 is 2.80 bits per heavy atom. The molecule has 0 aliphatic heterocycles. The quantitative estimate of drug-likeness (QED) is 0.472. The first-order valence-electron chi connectivity index (χ1n) is 5.47. The lowest BCUT2D eigenvalue weighted by molar-refractivity contribution is -0.124. The zero-order chi connectivity index (χ0) is 10.9. The third-order valence-corrected chi connectivity index (χ3v) is 2.41. The van der Waals surface area contributed by atoms with Crippen LogP contribution in [0.1, 0.15) is 25.7 Å². The molecule has 1 rings (SSSR count). The van der Waals surface area contributed by atoms with E-state index in [9.17, 15) is 4.79 Å². The maximum atomic E-state index is 11.2. The molecule has 0 heterocycles. The topological polar surface area (TPSA) is 59.6 Å². The van der Waals surface area contributed by atoms with E-state index in [-0.39, 0.29) is 18.6 Å². The van der Waals surface area contributed by atoms with Crippen molar-refractivity contribution in [3.8, 4) is 0 Å². The van der Waals surface area contributed by atoms with Crippen molar-refractivity contribution in [3.05, 3.63) is 0 Å². The average molecular weight is 216 g/mol. The molecule has 0 saturated heterocycles. The predicted octanol–water partition coefficient (Wildman–Crippen LogP) is 0.213. The SMILES string of the molecule is COCCNC(=O)CNOC1CCCC1. The number of carbonyl (C=O) groups is 1. The number of rotatable bonds is 7. The fourth-order valence-electron chi connectivity index (χ4n) is 1.59. The summed E-state index contributed by atoms with van der Waals surface area (Å²) in [5, 5.41) is 2.70. The minimum Gasteiger partial charge on any atom is -0.383 e. The molecule has 88 valence electrons. The van der Waals surface area contributed by atoms with Gasteiger partial charge in [-0.15, -0.1) is 0 Å². The van der Waals surface area contributed by atoms with Crippen molar-refractivity contribution in [1.82, 2.24) is 10.8 Å². The number of hydrogen-bond acceptors (Lipinski definition) is 4. The Kier molecular flexibility index (Phi) is 6.31. The monoisotopic (exact) mass is 216 g/mol. The summed E-state index contributed by atoms with van der Waals surface area (Å²) >= 11 is 0. The summed E-state index contributed by atoms with van der Waals surface area (Å²) in [5.41, 5.74) is 2.70. The maximum Gasteiger partial charge on any atom is 0.236 e. The molecule has 1 amide bonds. The Balaban J connectivity index is 1.91. The van der Waals surface area contributed by atoms with Gasteiger partial charge < -0.3 is 10.1 Å². The smallest absolute Gasteiger partial charge is 0.236 e. The predicted molar refractivity (Wildman–Crippen MR) is 56.2 cm³/mol. The molecule has 5 nitrogen and oxygen atoms in total. The van der Waals surface area contributed by atoms with Crippen molar-refractivity contribution in [2.75, 3.05) is 26.8 Å². The van der Waals surface area contributed by atoms with Crippen LogP contribution < -0.4 is 10.8 Å².